The Labute approximate surface area is 129 Å². The van der Waals surface area contributed by atoms with E-state index in [9.17, 15) is 4.79 Å². The van der Waals surface area contributed by atoms with Crippen molar-refractivity contribution in [2.75, 3.05) is 6.61 Å². The van der Waals surface area contributed by atoms with Crippen LogP contribution >= 0.6 is 11.6 Å². The van der Waals surface area contributed by atoms with Crippen LogP contribution in [-0.2, 0) is 9.53 Å². The Kier molecular flexibility index (Phi) is 5.02. The highest BCUT2D eigenvalue weighted by molar-refractivity contribution is 6.32. The first-order valence-corrected chi connectivity index (χ1v) is 7.42. The molecule has 0 aromatic heterocycles. The van der Waals surface area contributed by atoms with Gasteiger partial charge >= 0.3 is 5.97 Å². The van der Waals surface area contributed by atoms with Crippen LogP contribution < -0.4 is 5.43 Å². The van der Waals surface area contributed by atoms with Crippen molar-refractivity contribution in [2.24, 2.45) is 5.10 Å². The summed E-state index contributed by atoms with van der Waals surface area (Å²) in [5.74, 6) is -0.586. The molecule has 21 heavy (non-hydrogen) atoms. The molecule has 0 radical (unpaired) electrons. The fourth-order valence-corrected chi connectivity index (χ4v) is 2.72. The second kappa shape index (κ2) is 6.76. The molecule has 1 heterocycles. The molecule has 0 saturated carbocycles. The van der Waals surface area contributed by atoms with Crippen LogP contribution in [0.3, 0.4) is 0 Å². The molecule has 1 aromatic carbocycles. The van der Waals surface area contributed by atoms with Crippen LogP contribution in [-0.4, -0.2) is 18.3 Å². The Morgan fingerprint density at radius 1 is 1.38 bits per heavy atom. The van der Waals surface area contributed by atoms with Crippen LogP contribution in [0.2, 0.25) is 5.02 Å². The summed E-state index contributed by atoms with van der Waals surface area (Å²) < 4.78 is 5.20. The lowest BCUT2D eigenvalue weighted by atomic mass is 9.84. The number of hydrazone groups is 1. The van der Waals surface area contributed by atoms with Crippen molar-refractivity contribution in [3.8, 4) is 0 Å². The fourth-order valence-electron chi connectivity index (χ4n) is 2.47. The van der Waals surface area contributed by atoms with Crippen molar-refractivity contribution in [1.29, 1.82) is 0 Å². The fraction of sp³-hybridized carbons (Fsp3) is 0.375. The Balaban J connectivity index is 2.54. The molecule has 0 amide bonds. The SMILES string of the molecule is CCOC(=O)C1=C(C)NN=C(CC)C1c1ccccc1Cl. The molecule has 4 nitrogen and oxygen atoms in total. The van der Waals surface area contributed by atoms with Gasteiger partial charge in [0.05, 0.1) is 23.8 Å². The summed E-state index contributed by atoms with van der Waals surface area (Å²) in [7, 11) is 0. The molecule has 1 unspecified atom stereocenters. The number of carbonyl (C=O) groups is 1. The largest absolute Gasteiger partial charge is 0.463 e. The summed E-state index contributed by atoms with van der Waals surface area (Å²) in [5, 5.41) is 4.99. The molecular weight excluding hydrogens is 288 g/mol. The highest BCUT2D eigenvalue weighted by Gasteiger charge is 2.33. The summed E-state index contributed by atoms with van der Waals surface area (Å²) in [6.07, 6.45) is 0.721. The van der Waals surface area contributed by atoms with Crippen LogP contribution in [0.4, 0.5) is 0 Å². The van der Waals surface area contributed by atoms with E-state index in [2.05, 4.69) is 10.5 Å². The Morgan fingerprint density at radius 3 is 2.71 bits per heavy atom. The normalized spacial score (nSPS) is 18.1. The van der Waals surface area contributed by atoms with Gasteiger partial charge in [0.2, 0.25) is 0 Å². The van der Waals surface area contributed by atoms with Gasteiger partial charge in [0.1, 0.15) is 0 Å². The second-order valence-electron chi connectivity index (χ2n) is 4.78. The van der Waals surface area contributed by atoms with Gasteiger partial charge in [-0.3, -0.25) is 5.43 Å². The first-order chi connectivity index (χ1) is 10.1. The average molecular weight is 307 g/mol. The molecule has 0 bridgehead atoms. The molecule has 1 aliphatic heterocycles. The summed E-state index contributed by atoms with van der Waals surface area (Å²) >= 11 is 6.32. The van der Waals surface area contributed by atoms with Gasteiger partial charge in [-0.05, 0) is 31.9 Å². The van der Waals surface area contributed by atoms with Crippen molar-refractivity contribution in [3.63, 3.8) is 0 Å². The van der Waals surface area contributed by atoms with E-state index in [0.29, 0.717) is 22.9 Å². The van der Waals surface area contributed by atoms with E-state index in [1.54, 1.807) is 6.92 Å². The van der Waals surface area contributed by atoms with E-state index in [4.69, 9.17) is 16.3 Å². The van der Waals surface area contributed by atoms with Crippen LogP contribution in [0, 0.1) is 0 Å². The van der Waals surface area contributed by atoms with Gasteiger partial charge in [-0.15, -0.1) is 0 Å². The molecule has 2 rings (SSSR count). The molecule has 1 aliphatic rings. The number of rotatable bonds is 4. The van der Waals surface area contributed by atoms with E-state index in [0.717, 1.165) is 17.7 Å². The van der Waals surface area contributed by atoms with Gasteiger partial charge in [0.15, 0.2) is 0 Å². The first-order valence-electron chi connectivity index (χ1n) is 7.04. The van der Waals surface area contributed by atoms with Crippen molar-refractivity contribution < 1.29 is 9.53 Å². The number of halogens is 1. The highest BCUT2D eigenvalue weighted by atomic mass is 35.5. The van der Waals surface area contributed by atoms with E-state index in [-0.39, 0.29) is 11.9 Å². The van der Waals surface area contributed by atoms with Gasteiger partial charge < -0.3 is 4.74 Å². The molecule has 0 aliphatic carbocycles. The number of benzene rings is 1. The number of carbonyl (C=O) groups excluding carboxylic acids is 1. The molecule has 112 valence electrons. The molecular formula is C16H19ClN2O2. The number of esters is 1. The quantitative estimate of drug-likeness (QED) is 0.864. The zero-order chi connectivity index (χ0) is 15.4. The minimum atomic E-state index is -0.326. The smallest absolute Gasteiger partial charge is 0.336 e. The Morgan fingerprint density at radius 2 is 2.10 bits per heavy atom. The number of nitrogens with zero attached hydrogens (tertiary/aromatic N) is 1. The maximum absolute atomic E-state index is 12.3. The lowest BCUT2D eigenvalue weighted by molar-refractivity contribution is -0.138. The zero-order valence-electron chi connectivity index (χ0n) is 12.4. The van der Waals surface area contributed by atoms with Crippen molar-refractivity contribution in [2.45, 2.75) is 33.1 Å². The number of allylic oxidation sites excluding steroid dienone is 1. The van der Waals surface area contributed by atoms with Crippen LogP contribution in [0.25, 0.3) is 0 Å². The van der Waals surface area contributed by atoms with Crippen LogP contribution in [0.5, 0.6) is 0 Å². The van der Waals surface area contributed by atoms with E-state index in [1.165, 1.54) is 0 Å². The van der Waals surface area contributed by atoms with Gasteiger partial charge in [-0.25, -0.2) is 4.79 Å². The summed E-state index contributed by atoms with van der Waals surface area (Å²) in [6.45, 7) is 5.96. The zero-order valence-corrected chi connectivity index (χ0v) is 13.2. The molecule has 0 spiro atoms. The topological polar surface area (TPSA) is 50.7 Å². The number of nitrogens with one attached hydrogen (secondary N) is 1. The lowest BCUT2D eigenvalue weighted by Gasteiger charge is -2.27. The maximum atomic E-state index is 12.3. The molecule has 1 aromatic rings. The Bertz CT molecular complexity index is 608. The van der Waals surface area contributed by atoms with Crippen LogP contribution in [0.15, 0.2) is 40.6 Å². The molecule has 1 N–H and O–H groups in total. The molecule has 5 heteroatoms. The Hall–Kier alpha value is -1.81. The predicted molar refractivity (Wildman–Crippen MR) is 84.4 cm³/mol. The van der Waals surface area contributed by atoms with Crippen LogP contribution in [0.1, 0.15) is 38.7 Å². The number of ether oxygens (including phenoxy) is 1. The standard InChI is InChI=1S/C16H19ClN2O2/c1-4-13-15(11-8-6-7-9-12(11)17)14(10(3)18-19-13)16(20)21-5-2/h6-9,15,18H,4-5H2,1-3H3. The number of hydrogen-bond acceptors (Lipinski definition) is 4. The molecule has 1 atom stereocenters. The van der Waals surface area contributed by atoms with Crippen molar-refractivity contribution in [1.82, 2.24) is 5.43 Å². The molecule has 0 fully saturated rings. The summed E-state index contributed by atoms with van der Waals surface area (Å²) in [6, 6.07) is 7.53. The third kappa shape index (κ3) is 3.10. The van der Waals surface area contributed by atoms with Gasteiger partial charge in [0.25, 0.3) is 0 Å². The number of hydrogen-bond donors (Lipinski definition) is 1. The van der Waals surface area contributed by atoms with Gasteiger partial charge in [-0.1, -0.05) is 36.7 Å². The third-order valence-corrected chi connectivity index (χ3v) is 3.81. The monoisotopic (exact) mass is 306 g/mol. The average Bonchev–Trinajstić information content (AvgIpc) is 2.47. The van der Waals surface area contributed by atoms with Crippen molar-refractivity contribution >= 4 is 23.3 Å². The van der Waals surface area contributed by atoms with E-state index < -0.39 is 0 Å². The summed E-state index contributed by atoms with van der Waals surface area (Å²) in [5.41, 5.74) is 5.95. The van der Waals surface area contributed by atoms with Crippen molar-refractivity contribution in [3.05, 3.63) is 46.1 Å². The predicted octanol–water partition coefficient (Wildman–Crippen LogP) is 3.63. The minimum Gasteiger partial charge on any atom is -0.463 e. The van der Waals surface area contributed by atoms with E-state index in [1.807, 2.05) is 38.1 Å². The molecule has 0 saturated heterocycles. The maximum Gasteiger partial charge on any atom is 0.336 e. The van der Waals surface area contributed by atoms with E-state index >= 15 is 0 Å². The highest BCUT2D eigenvalue weighted by Crippen LogP contribution is 2.36. The van der Waals surface area contributed by atoms with Gasteiger partial charge in [-0.2, -0.15) is 5.10 Å². The summed E-state index contributed by atoms with van der Waals surface area (Å²) in [4.78, 5) is 12.3. The second-order valence-corrected chi connectivity index (χ2v) is 5.19. The first kappa shape index (κ1) is 15.6. The third-order valence-electron chi connectivity index (χ3n) is 3.47. The van der Waals surface area contributed by atoms with Gasteiger partial charge in [0, 0.05) is 10.7 Å². The minimum absolute atomic E-state index is 0.260. The lowest BCUT2D eigenvalue weighted by Crippen LogP contribution is -2.30.